The Morgan fingerprint density at radius 1 is 1.21 bits per heavy atom. The van der Waals surface area contributed by atoms with Crippen LogP contribution in [0.4, 0.5) is 0 Å². The van der Waals surface area contributed by atoms with Crippen molar-refractivity contribution in [3.63, 3.8) is 0 Å². The number of nitrogens with zero attached hydrogens (tertiary/aromatic N) is 3. The lowest BCUT2D eigenvalue weighted by molar-refractivity contribution is -0.124. The molecule has 0 bridgehead atoms. The fourth-order valence-electron chi connectivity index (χ4n) is 2.16. The van der Waals surface area contributed by atoms with Crippen molar-refractivity contribution in [1.82, 2.24) is 10.2 Å². The number of nitriles is 2. The maximum atomic E-state index is 12.4. The zero-order valence-corrected chi connectivity index (χ0v) is 15.1. The molecule has 0 saturated carbocycles. The summed E-state index contributed by atoms with van der Waals surface area (Å²) < 4.78 is 0. The highest BCUT2D eigenvalue weighted by Gasteiger charge is 2.30. The van der Waals surface area contributed by atoms with Crippen LogP contribution >= 0.6 is 0 Å². The molecule has 24 heavy (non-hydrogen) atoms. The molecule has 5 nitrogen and oxygen atoms in total. The SMILES string of the molecule is CC(C)N(CC(=O)N[C@](C)(C#N)C(C)C)Cc1ccc(C#N)cc1. The van der Waals surface area contributed by atoms with Crippen molar-refractivity contribution < 1.29 is 4.79 Å². The van der Waals surface area contributed by atoms with Crippen molar-refractivity contribution in [2.75, 3.05) is 6.54 Å². The summed E-state index contributed by atoms with van der Waals surface area (Å²) in [6.45, 7) is 10.5. The number of nitrogens with one attached hydrogen (secondary N) is 1. The van der Waals surface area contributed by atoms with Gasteiger partial charge in [-0.1, -0.05) is 26.0 Å². The summed E-state index contributed by atoms with van der Waals surface area (Å²) in [5.41, 5.74) is 0.797. The Morgan fingerprint density at radius 2 is 1.79 bits per heavy atom. The fraction of sp³-hybridized carbons (Fsp3) is 0.526. The van der Waals surface area contributed by atoms with Crippen LogP contribution in [0.15, 0.2) is 24.3 Å². The number of hydrogen-bond donors (Lipinski definition) is 1. The molecule has 1 aromatic carbocycles. The zero-order chi connectivity index (χ0) is 18.3. The van der Waals surface area contributed by atoms with Gasteiger partial charge in [-0.15, -0.1) is 0 Å². The van der Waals surface area contributed by atoms with Crippen LogP contribution in [0.5, 0.6) is 0 Å². The first-order valence-corrected chi connectivity index (χ1v) is 8.17. The number of rotatable bonds is 7. The van der Waals surface area contributed by atoms with Crippen LogP contribution in [0.3, 0.4) is 0 Å². The van der Waals surface area contributed by atoms with E-state index in [0.717, 1.165) is 5.56 Å². The first kappa shape index (κ1) is 19.7. The van der Waals surface area contributed by atoms with Gasteiger partial charge in [0.15, 0.2) is 0 Å². The van der Waals surface area contributed by atoms with E-state index in [2.05, 4.69) is 17.5 Å². The van der Waals surface area contributed by atoms with Gasteiger partial charge < -0.3 is 5.32 Å². The summed E-state index contributed by atoms with van der Waals surface area (Å²) in [5.74, 6) is -0.132. The van der Waals surface area contributed by atoms with Crippen molar-refractivity contribution in [3.05, 3.63) is 35.4 Å². The van der Waals surface area contributed by atoms with Crippen LogP contribution in [0.25, 0.3) is 0 Å². The lowest BCUT2D eigenvalue weighted by Gasteiger charge is -2.30. The largest absolute Gasteiger partial charge is 0.337 e. The van der Waals surface area contributed by atoms with Gasteiger partial charge in [0.2, 0.25) is 5.91 Å². The smallest absolute Gasteiger partial charge is 0.235 e. The molecule has 1 rings (SSSR count). The highest BCUT2D eigenvalue weighted by molar-refractivity contribution is 5.79. The van der Waals surface area contributed by atoms with Gasteiger partial charge in [0.25, 0.3) is 0 Å². The maximum absolute atomic E-state index is 12.4. The summed E-state index contributed by atoms with van der Waals surface area (Å²) in [5, 5.41) is 21.0. The van der Waals surface area contributed by atoms with Crippen LogP contribution < -0.4 is 5.32 Å². The molecule has 0 unspecified atom stereocenters. The molecule has 0 radical (unpaired) electrons. The highest BCUT2D eigenvalue weighted by atomic mass is 16.2. The first-order chi connectivity index (χ1) is 11.2. The third-order valence-electron chi connectivity index (χ3n) is 4.33. The van der Waals surface area contributed by atoms with Crippen molar-refractivity contribution >= 4 is 5.91 Å². The van der Waals surface area contributed by atoms with Crippen molar-refractivity contribution in [1.29, 1.82) is 10.5 Å². The average molecular weight is 326 g/mol. The van der Waals surface area contributed by atoms with Crippen LogP contribution in [0.1, 0.15) is 45.7 Å². The molecular weight excluding hydrogens is 300 g/mol. The average Bonchev–Trinajstić information content (AvgIpc) is 2.54. The minimum atomic E-state index is -0.867. The fourth-order valence-corrected chi connectivity index (χ4v) is 2.16. The minimum Gasteiger partial charge on any atom is -0.337 e. The number of benzene rings is 1. The van der Waals surface area contributed by atoms with Gasteiger partial charge in [0, 0.05) is 12.6 Å². The van der Waals surface area contributed by atoms with Gasteiger partial charge in [-0.05, 0) is 44.4 Å². The van der Waals surface area contributed by atoms with Crippen LogP contribution in [0.2, 0.25) is 0 Å². The van der Waals surface area contributed by atoms with E-state index in [1.165, 1.54) is 0 Å². The topological polar surface area (TPSA) is 79.9 Å². The number of carbonyl (C=O) groups excluding carboxylic acids is 1. The number of carbonyl (C=O) groups is 1. The molecule has 0 saturated heterocycles. The van der Waals surface area contributed by atoms with Gasteiger partial charge in [-0.3, -0.25) is 9.69 Å². The normalized spacial score (nSPS) is 13.4. The molecule has 0 aromatic heterocycles. The first-order valence-electron chi connectivity index (χ1n) is 8.17. The molecule has 0 fully saturated rings. The zero-order valence-electron chi connectivity index (χ0n) is 15.1. The Balaban J connectivity index is 2.77. The predicted molar refractivity (Wildman–Crippen MR) is 93.7 cm³/mol. The molecule has 5 heteroatoms. The van der Waals surface area contributed by atoms with E-state index in [-0.39, 0.29) is 24.4 Å². The van der Waals surface area contributed by atoms with Gasteiger partial charge in [0.05, 0.1) is 24.2 Å². The molecule has 1 amide bonds. The molecule has 0 heterocycles. The molecule has 1 N–H and O–H groups in total. The second-order valence-electron chi connectivity index (χ2n) is 6.82. The summed E-state index contributed by atoms with van der Waals surface area (Å²) >= 11 is 0. The standard InChI is InChI=1S/C19H26N4O/c1-14(2)19(5,13-21)22-18(24)12-23(15(3)4)11-17-8-6-16(10-20)7-9-17/h6-9,14-15H,11-12H2,1-5H3,(H,22,24)/t19-/m1/s1. The Kier molecular flexibility index (Phi) is 6.95. The third-order valence-corrected chi connectivity index (χ3v) is 4.33. The molecule has 1 atom stereocenters. The van der Waals surface area contributed by atoms with Crippen molar-refractivity contribution in [2.45, 2.75) is 52.7 Å². The Hall–Kier alpha value is -2.37. The van der Waals surface area contributed by atoms with E-state index in [4.69, 9.17) is 5.26 Å². The van der Waals surface area contributed by atoms with Gasteiger partial charge in [-0.25, -0.2) is 0 Å². The molecule has 0 spiro atoms. The molecule has 1 aromatic rings. The second kappa shape index (κ2) is 8.47. The van der Waals surface area contributed by atoms with Gasteiger partial charge >= 0.3 is 0 Å². The van der Waals surface area contributed by atoms with Crippen LogP contribution in [-0.2, 0) is 11.3 Å². The number of amides is 1. The van der Waals surface area contributed by atoms with Gasteiger partial charge in [-0.2, -0.15) is 10.5 Å². The molecule has 0 aliphatic rings. The summed E-state index contributed by atoms with van der Waals surface area (Å²) in [7, 11) is 0. The highest BCUT2D eigenvalue weighted by Crippen LogP contribution is 2.15. The van der Waals surface area contributed by atoms with Gasteiger partial charge in [0.1, 0.15) is 5.54 Å². The van der Waals surface area contributed by atoms with E-state index in [0.29, 0.717) is 12.1 Å². The van der Waals surface area contributed by atoms with Crippen LogP contribution in [-0.4, -0.2) is 28.9 Å². The molecule has 128 valence electrons. The maximum Gasteiger partial charge on any atom is 0.235 e. The second-order valence-corrected chi connectivity index (χ2v) is 6.82. The quantitative estimate of drug-likeness (QED) is 0.835. The van der Waals surface area contributed by atoms with E-state index in [1.807, 2.05) is 44.7 Å². The third kappa shape index (κ3) is 5.37. The Labute approximate surface area is 144 Å². The van der Waals surface area contributed by atoms with E-state index >= 15 is 0 Å². The summed E-state index contributed by atoms with van der Waals surface area (Å²) in [6.07, 6.45) is 0. The summed E-state index contributed by atoms with van der Waals surface area (Å²) in [4.78, 5) is 14.4. The lowest BCUT2D eigenvalue weighted by Crippen LogP contribution is -2.52. The molecular formula is C19H26N4O. The lowest BCUT2D eigenvalue weighted by atomic mass is 9.90. The van der Waals surface area contributed by atoms with Crippen LogP contribution in [0, 0.1) is 28.6 Å². The molecule has 0 aliphatic carbocycles. The van der Waals surface area contributed by atoms with E-state index in [9.17, 15) is 10.1 Å². The Bertz CT molecular complexity index is 637. The van der Waals surface area contributed by atoms with Crippen molar-refractivity contribution in [2.24, 2.45) is 5.92 Å². The summed E-state index contributed by atoms with van der Waals surface area (Å²) in [6, 6.07) is 11.8. The van der Waals surface area contributed by atoms with Crippen molar-refractivity contribution in [3.8, 4) is 12.1 Å². The monoisotopic (exact) mass is 326 g/mol. The van der Waals surface area contributed by atoms with E-state index < -0.39 is 5.54 Å². The molecule has 0 aliphatic heterocycles. The van der Waals surface area contributed by atoms with E-state index in [1.54, 1.807) is 19.1 Å². The number of hydrogen-bond acceptors (Lipinski definition) is 4. The predicted octanol–water partition coefficient (Wildman–Crippen LogP) is 2.82. The minimum absolute atomic E-state index is 0.0254. The Morgan fingerprint density at radius 3 is 2.21 bits per heavy atom.